The van der Waals surface area contributed by atoms with E-state index in [2.05, 4.69) is 4.74 Å². The molecule has 0 saturated heterocycles. The maximum Gasteiger partial charge on any atom is 0.330 e. The molecule has 0 saturated carbocycles. The quantitative estimate of drug-likeness (QED) is 0.394. The summed E-state index contributed by atoms with van der Waals surface area (Å²) in [4.78, 5) is 10.9. The molecule has 0 bridgehead atoms. The number of carbonyl (C=O) groups is 1. The first-order chi connectivity index (χ1) is 6.60. The molecule has 14 heavy (non-hydrogen) atoms. The van der Waals surface area contributed by atoms with Gasteiger partial charge in [-0.15, -0.1) is 0 Å². The van der Waals surface area contributed by atoms with E-state index in [1.807, 2.05) is 0 Å². The Kier molecular flexibility index (Phi) is 6.37. The predicted molar refractivity (Wildman–Crippen MR) is 54.4 cm³/mol. The highest BCUT2D eigenvalue weighted by molar-refractivity contribution is 5.83. The third-order valence-corrected chi connectivity index (χ3v) is 1.41. The zero-order valence-corrected chi connectivity index (χ0v) is 8.71. The van der Waals surface area contributed by atoms with Gasteiger partial charge in [-0.25, -0.2) is 9.18 Å². The fraction of sp³-hybridized carbons (Fsp3) is 0.364. The number of carbonyl (C=O) groups excluding carboxylic acids is 1. The lowest BCUT2D eigenvalue weighted by molar-refractivity contribution is -0.137. The van der Waals surface area contributed by atoms with Gasteiger partial charge in [-0.2, -0.15) is 0 Å². The molecule has 78 valence electrons. The summed E-state index contributed by atoms with van der Waals surface area (Å²) in [6.07, 6.45) is 5.48. The minimum absolute atomic E-state index is 0.332. The smallest absolute Gasteiger partial charge is 0.330 e. The number of allylic oxidation sites excluding steroid dienone is 5. The zero-order chi connectivity index (χ0) is 11.0. The molecule has 0 spiro atoms. The lowest BCUT2D eigenvalue weighted by Crippen LogP contribution is -1.99. The molecule has 0 rings (SSSR count). The Morgan fingerprint density at radius 1 is 1.43 bits per heavy atom. The second-order valence-electron chi connectivity index (χ2n) is 2.65. The first kappa shape index (κ1) is 12.6. The number of halogens is 1. The molecule has 2 nitrogen and oxygen atoms in total. The number of rotatable bonds is 4. The second kappa shape index (κ2) is 7.06. The van der Waals surface area contributed by atoms with Crippen molar-refractivity contribution in [3.8, 4) is 0 Å². The van der Waals surface area contributed by atoms with Crippen LogP contribution in [0, 0.1) is 0 Å². The third-order valence-electron chi connectivity index (χ3n) is 1.41. The average Bonchev–Trinajstić information content (AvgIpc) is 2.14. The molecule has 0 fully saturated rings. The van der Waals surface area contributed by atoms with Crippen molar-refractivity contribution in [3.63, 3.8) is 0 Å². The second-order valence-corrected chi connectivity index (χ2v) is 2.65. The topological polar surface area (TPSA) is 26.3 Å². The van der Waals surface area contributed by atoms with Gasteiger partial charge in [0.2, 0.25) is 0 Å². The van der Waals surface area contributed by atoms with Crippen molar-refractivity contribution in [2.75, 3.05) is 6.61 Å². The van der Waals surface area contributed by atoms with Crippen molar-refractivity contribution in [3.05, 3.63) is 35.7 Å². The van der Waals surface area contributed by atoms with Crippen LogP contribution in [-0.4, -0.2) is 12.6 Å². The summed E-state index contributed by atoms with van der Waals surface area (Å²) in [5.74, 6) is -0.739. The van der Waals surface area contributed by atoms with Crippen LogP contribution in [0.5, 0.6) is 0 Å². The van der Waals surface area contributed by atoms with Crippen LogP contribution in [-0.2, 0) is 9.53 Å². The summed E-state index contributed by atoms with van der Waals surface area (Å²) in [7, 11) is 0. The largest absolute Gasteiger partial charge is 0.463 e. The molecule has 0 aliphatic carbocycles. The van der Waals surface area contributed by atoms with Crippen molar-refractivity contribution < 1.29 is 13.9 Å². The minimum Gasteiger partial charge on any atom is -0.463 e. The summed E-state index contributed by atoms with van der Waals surface area (Å²) >= 11 is 0. The monoisotopic (exact) mass is 198 g/mol. The van der Waals surface area contributed by atoms with Gasteiger partial charge in [-0.1, -0.05) is 12.2 Å². The molecular formula is C11H15FO2. The number of hydrogen-bond donors (Lipinski definition) is 0. The lowest BCUT2D eigenvalue weighted by atomic mass is 10.2. The van der Waals surface area contributed by atoms with Gasteiger partial charge < -0.3 is 4.74 Å². The van der Waals surface area contributed by atoms with E-state index in [9.17, 15) is 9.18 Å². The van der Waals surface area contributed by atoms with E-state index in [-0.39, 0.29) is 5.83 Å². The van der Waals surface area contributed by atoms with E-state index in [0.717, 1.165) is 0 Å². The molecule has 0 atom stereocenters. The molecule has 0 amide bonds. The molecule has 0 aliphatic heterocycles. The average molecular weight is 198 g/mol. The van der Waals surface area contributed by atoms with Crippen LogP contribution < -0.4 is 0 Å². The van der Waals surface area contributed by atoms with Crippen LogP contribution in [0.3, 0.4) is 0 Å². The van der Waals surface area contributed by atoms with Crippen molar-refractivity contribution in [2.24, 2.45) is 0 Å². The Morgan fingerprint density at radius 3 is 2.57 bits per heavy atom. The van der Waals surface area contributed by atoms with Gasteiger partial charge in [0.25, 0.3) is 0 Å². The van der Waals surface area contributed by atoms with Gasteiger partial charge in [0.05, 0.1) is 6.61 Å². The van der Waals surface area contributed by atoms with Gasteiger partial charge in [-0.3, -0.25) is 0 Å². The van der Waals surface area contributed by atoms with Crippen LogP contribution in [0.4, 0.5) is 4.39 Å². The Balaban J connectivity index is 4.26. The van der Waals surface area contributed by atoms with Gasteiger partial charge >= 0.3 is 5.97 Å². The zero-order valence-electron chi connectivity index (χ0n) is 8.71. The molecular weight excluding hydrogens is 183 g/mol. The van der Waals surface area contributed by atoms with Gasteiger partial charge in [0.1, 0.15) is 5.83 Å². The molecule has 3 heteroatoms. The molecule has 0 aliphatic rings. The van der Waals surface area contributed by atoms with Gasteiger partial charge in [-0.05, 0) is 32.4 Å². The third kappa shape index (κ3) is 6.17. The summed E-state index contributed by atoms with van der Waals surface area (Å²) in [5, 5.41) is 0. The van der Waals surface area contributed by atoms with Crippen molar-refractivity contribution in [1.82, 2.24) is 0 Å². The van der Waals surface area contributed by atoms with Crippen LogP contribution in [0.1, 0.15) is 20.8 Å². The van der Waals surface area contributed by atoms with E-state index in [1.165, 1.54) is 24.3 Å². The molecule has 0 N–H and O–H groups in total. The Bertz CT molecular complexity index is 275. The summed E-state index contributed by atoms with van der Waals surface area (Å²) in [6, 6.07) is 0. The lowest BCUT2D eigenvalue weighted by Gasteiger charge is -1.95. The summed E-state index contributed by atoms with van der Waals surface area (Å²) in [6.45, 7) is 5.38. The Hall–Kier alpha value is -1.38. The normalized spacial score (nSPS) is 13.4. The number of ether oxygens (including phenoxy) is 1. The van der Waals surface area contributed by atoms with Gasteiger partial charge in [0, 0.05) is 6.08 Å². The minimum atomic E-state index is -0.407. The van der Waals surface area contributed by atoms with Crippen LogP contribution in [0.15, 0.2) is 35.7 Å². The van der Waals surface area contributed by atoms with E-state index in [1.54, 1.807) is 20.8 Å². The van der Waals surface area contributed by atoms with E-state index in [0.29, 0.717) is 12.2 Å². The first-order valence-electron chi connectivity index (χ1n) is 4.45. The highest BCUT2D eigenvalue weighted by Crippen LogP contribution is 2.02. The van der Waals surface area contributed by atoms with Crippen LogP contribution >= 0.6 is 0 Å². The van der Waals surface area contributed by atoms with Gasteiger partial charge in [0.15, 0.2) is 0 Å². The van der Waals surface area contributed by atoms with Crippen LogP contribution in [0.2, 0.25) is 0 Å². The predicted octanol–water partition coefficient (Wildman–Crippen LogP) is 2.93. The van der Waals surface area contributed by atoms with E-state index < -0.39 is 5.97 Å². The first-order valence-corrected chi connectivity index (χ1v) is 4.45. The molecule has 0 aromatic carbocycles. The molecule has 0 aromatic rings. The fourth-order valence-corrected chi connectivity index (χ4v) is 0.725. The van der Waals surface area contributed by atoms with Crippen molar-refractivity contribution in [1.29, 1.82) is 0 Å². The number of hydrogen-bond acceptors (Lipinski definition) is 2. The Labute approximate surface area is 83.8 Å². The van der Waals surface area contributed by atoms with E-state index in [4.69, 9.17) is 0 Å². The summed E-state index contributed by atoms with van der Waals surface area (Å²) in [5.41, 5.74) is 0.653. The number of esters is 1. The van der Waals surface area contributed by atoms with E-state index >= 15 is 0 Å². The highest BCUT2D eigenvalue weighted by Gasteiger charge is 1.95. The fourth-order valence-electron chi connectivity index (χ4n) is 0.725. The van der Waals surface area contributed by atoms with Crippen LogP contribution in [0.25, 0.3) is 0 Å². The standard InChI is InChI=1S/C11H15FO2/c1-4-10(12)7-6-9(3)8-11(13)14-5-2/h4,6-8H,5H2,1-3H3. The highest BCUT2D eigenvalue weighted by atomic mass is 19.1. The Morgan fingerprint density at radius 2 is 2.07 bits per heavy atom. The summed E-state index contributed by atoms with van der Waals surface area (Å²) < 4.78 is 17.3. The van der Waals surface area contributed by atoms with Crippen molar-refractivity contribution in [2.45, 2.75) is 20.8 Å². The molecule has 0 unspecified atom stereocenters. The van der Waals surface area contributed by atoms with Crippen molar-refractivity contribution >= 4 is 5.97 Å². The molecule has 0 heterocycles. The molecule has 0 radical (unpaired) electrons. The molecule has 0 aromatic heterocycles. The maximum atomic E-state index is 12.6. The maximum absolute atomic E-state index is 12.6. The SMILES string of the molecule is CC=C(F)C=CC(C)=CC(=O)OCC.